The molecular weight excluding hydrogens is 266 g/mol. The molecule has 0 amide bonds. The molecule has 20 heavy (non-hydrogen) atoms. The molecule has 0 radical (unpaired) electrons. The summed E-state index contributed by atoms with van der Waals surface area (Å²) < 4.78 is 0. The number of fused-ring (bicyclic) bond motifs is 1. The molecule has 0 bridgehead atoms. The Morgan fingerprint density at radius 2 is 2.00 bits per heavy atom. The maximum absolute atomic E-state index is 5.91. The van der Waals surface area contributed by atoms with Crippen LogP contribution in [0.2, 0.25) is 0 Å². The van der Waals surface area contributed by atoms with Gasteiger partial charge < -0.3 is 11.1 Å². The maximum Gasteiger partial charge on any atom is 0.136 e. The van der Waals surface area contributed by atoms with E-state index in [-0.39, 0.29) is 5.54 Å². The second kappa shape index (κ2) is 5.32. The van der Waals surface area contributed by atoms with Crippen molar-refractivity contribution in [3.05, 3.63) is 22.9 Å². The molecule has 2 aliphatic carbocycles. The van der Waals surface area contributed by atoms with Crippen LogP contribution in [0, 0.1) is 0 Å². The Balaban J connectivity index is 1.93. The number of nitrogens with zero attached hydrogens (tertiary/aromatic N) is 1. The predicted molar refractivity (Wildman–Crippen MR) is 87.3 cm³/mol. The van der Waals surface area contributed by atoms with Crippen LogP contribution in [0.4, 0.5) is 5.82 Å². The predicted octanol–water partition coefficient (Wildman–Crippen LogP) is 3.34. The number of hydrogen-bond donors (Lipinski definition) is 2. The number of pyridine rings is 1. The summed E-state index contributed by atoms with van der Waals surface area (Å²) in [5.41, 5.74) is 9.52. The highest BCUT2D eigenvalue weighted by Gasteiger charge is 2.28. The van der Waals surface area contributed by atoms with E-state index in [2.05, 4.69) is 18.3 Å². The zero-order valence-corrected chi connectivity index (χ0v) is 13.0. The number of nitrogens with two attached hydrogens (primary N) is 1. The molecule has 1 aromatic rings. The number of hydrogen-bond acceptors (Lipinski definition) is 3. The van der Waals surface area contributed by atoms with Gasteiger partial charge in [0.15, 0.2) is 0 Å². The van der Waals surface area contributed by atoms with E-state index in [0.717, 1.165) is 24.2 Å². The molecule has 4 heteroatoms. The van der Waals surface area contributed by atoms with Crippen molar-refractivity contribution in [1.82, 2.24) is 4.98 Å². The van der Waals surface area contributed by atoms with E-state index in [0.29, 0.717) is 4.99 Å². The molecule has 0 atom stereocenters. The number of nitrogens with one attached hydrogen (secondary N) is 1. The number of anilines is 1. The van der Waals surface area contributed by atoms with Crippen LogP contribution >= 0.6 is 12.2 Å². The molecule has 3 rings (SSSR count). The molecular formula is C16H23N3S. The zero-order chi connectivity index (χ0) is 14.2. The topological polar surface area (TPSA) is 50.9 Å². The highest BCUT2D eigenvalue weighted by Crippen LogP contribution is 2.33. The van der Waals surface area contributed by atoms with Crippen LogP contribution in [0.15, 0.2) is 6.07 Å². The van der Waals surface area contributed by atoms with E-state index in [4.69, 9.17) is 22.9 Å². The third-order valence-corrected chi connectivity index (χ3v) is 4.91. The average Bonchev–Trinajstić information content (AvgIpc) is 2.85. The van der Waals surface area contributed by atoms with E-state index < -0.39 is 0 Å². The lowest BCUT2D eigenvalue weighted by atomic mass is 9.83. The minimum Gasteiger partial charge on any atom is -0.389 e. The van der Waals surface area contributed by atoms with Gasteiger partial charge in [-0.05, 0) is 50.7 Å². The van der Waals surface area contributed by atoms with Crippen molar-refractivity contribution in [2.75, 3.05) is 5.32 Å². The van der Waals surface area contributed by atoms with Crippen LogP contribution in [0.3, 0.4) is 0 Å². The molecule has 3 nitrogen and oxygen atoms in total. The fourth-order valence-corrected chi connectivity index (χ4v) is 3.65. The highest BCUT2D eigenvalue weighted by atomic mass is 32.1. The lowest BCUT2D eigenvalue weighted by Crippen LogP contribution is -2.38. The Labute approximate surface area is 126 Å². The number of aryl methyl sites for hydroxylation is 2. The van der Waals surface area contributed by atoms with Gasteiger partial charge in [-0.2, -0.15) is 0 Å². The summed E-state index contributed by atoms with van der Waals surface area (Å²) in [4.78, 5) is 5.29. The molecule has 0 unspecified atom stereocenters. The van der Waals surface area contributed by atoms with Gasteiger partial charge in [0.25, 0.3) is 0 Å². The molecule has 0 aliphatic heterocycles. The van der Waals surface area contributed by atoms with Crippen molar-refractivity contribution in [3.8, 4) is 0 Å². The van der Waals surface area contributed by atoms with Gasteiger partial charge in [0.1, 0.15) is 10.8 Å². The third kappa shape index (κ3) is 2.66. The number of aromatic nitrogens is 1. The summed E-state index contributed by atoms with van der Waals surface area (Å²) in [6.07, 6.45) is 9.70. The van der Waals surface area contributed by atoms with Crippen LogP contribution in [0.1, 0.15) is 62.3 Å². The van der Waals surface area contributed by atoms with Gasteiger partial charge in [0.2, 0.25) is 0 Å². The van der Waals surface area contributed by atoms with Crippen LogP contribution in [-0.4, -0.2) is 15.5 Å². The second-order valence-corrected chi connectivity index (χ2v) is 6.89. The first-order valence-electron chi connectivity index (χ1n) is 7.68. The monoisotopic (exact) mass is 289 g/mol. The van der Waals surface area contributed by atoms with Crippen molar-refractivity contribution in [1.29, 1.82) is 0 Å². The molecule has 3 N–H and O–H groups in total. The third-order valence-electron chi connectivity index (χ3n) is 4.69. The smallest absolute Gasteiger partial charge is 0.136 e. The summed E-state index contributed by atoms with van der Waals surface area (Å²) in [5.74, 6) is 0.905. The molecule has 108 valence electrons. The Bertz CT molecular complexity index is 533. The van der Waals surface area contributed by atoms with Gasteiger partial charge in [0, 0.05) is 11.2 Å². The summed E-state index contributed by atoms with van der Waals surface area (Å²) >= 11 is 5.22. The zero-order valence-electron chi connectivity index (χ0n) is 12.2. The second-order valence-electron chi connectivity index (χ2n) is 6.45. The van der Waals surface area contributed by atoms with Crippen molar-refractivity contribution in [2.24, 2.45) is 5.73 Å². The van der Waals surface area contributed by atoms with E-state index in [1.165, 1.54) is 49.8 Å². The van der Waals surface area contributed by atoms with Gasteiger partial charge in [-0.15, -0.1) is 0 Å². The van der Waals surface area contributed by atoms with Crippen LogP contribution in [0.25, 0.3) is 0 Å². The Morgan fingerprint density at radius 1 is 1.25 bits per heavy atom. The first-order valence-corrected chi connectivity index (χ1v) is 8.09. The fraction of sp³-hybridized carbons (Fsp3) is 0.625. The van der Waals surface area contributed by atoms with Crippen molar-refractivity contribution < 1.29 is 0 Å². The lowest BCUT2D eigenvalue weighted by Gasteiger charge is -2.35. The average molecular weight is 289 g/mol. The highest BCUT2D eigenvalue weighted by molar-refractivity contribution is 7.80. The lowest BCUT2D eigenvalue weighted by molar-refractivity contribution is 0.348. The number of thiocarbonyl (C=S) groups is 1. The van der Waals surface area contributed by atoms with E-state index in [1.807, 2.05) is 0 Å². The minimum absolute atomic E-state index is 0.137. The van der Waals surface area contributed by atoms with Crippen molar-refractivity contribution in [2.45, 2.75) is 63.8 Å². The normalized spacial score (nSPS) is 20.4. The molecule has 2 aliphatic rings. The van der Waals surface area contributed by atoms with Crippen molar-refractivity contribution in [3.63, 3.8) is 0 Å². The Kier molecular flexibility index (Phi) is 3.67. The minimum atomic E-state index is 0.137. The first-order chi connectivity index (χ1) is 9.57. The molecule has 1 heterocycles. The van der Waals surface area contributed by atoms with E-state index in [1.54, 1.807) is 0 Å². The van der Waals surface area contributed by atoms with Crippen LogP contribution in [-0.2, 0) is 12.8 Å². The summed E-state index contributed by atoms with van der Waals surface area (Å²) in [5, 5.41) is 3.66. The summed E-state index contributed by atoms with van der Waals surface area (Å²) in [7, 11) is 0. The quantitative estimate of drug-likeness (QED) is 0.838. The number of rotatable bonds is 3. The SMILES string of the molecule is CC1(Nc2nc3c(cc2C(N)=S)CCC3)CCCCC1. The molecule has 0 aromatic carbocycles. The van der Waals surface area contributed by atoms with Gasteiger partial charge in [-0.1, -0.05) is 31.5 Å². The molecule has 1 aromatic heterocycles. The first kappa shape index (κ1) is 13.8. The molecule has 0 saturated heterocycles. The molecule has 0 spiro atoms. The van der Waals surface area contributed by atoms with Gasteiger partial charge in [0.05, 0.1) is 5.56 Å². The van der Waals surface area contributed by atoms with Gasteiger partial charge in [-0.3, -0.25) is 0 Å². The molecule has 1 saturated carbocycles. The van der Waals surface area contributed by atoms with Crippen LogP contribution in [0.5, 0.6) is 0 Å². The Morgan fingerprint density at radius 3 is 2.70 bits per heavy atom. The van der Waals surface area contributed by atoms with E-state index in [9.17, 15) is 0 Å². The van der Waals surface area contributed by atoms with Crippen LogP contribution < -0.4 is 11.1 Å². The van der Waals surface area contributed by atoms with Gasteiger partial charge in [-0.25, -0.2) is 4.98 Å². The Hall–Kier alpha value is -1.16. The summed E-state index contributed by atoms with van der Waals surface area (Å²) in [6, 6.07) is 2.16. The largest absolute Gasteiger partial charge is 0.389 e. The standard InChI is InChI=1S/C16H23N3S/c1-16(8-3-2-4-9-16)19-15-12(14(17)20)10-11-6-5-7-13(11)18-15/h10H,2-9H2,1H3,(H2,17,20)(H,18,19). The fourth-order valence-electron chi connectivity index (χ4n) is 3.50. The maximum atomic E-state index is 5.91. The van der Waals surface area contributed by atoms with E-state index >= 15 is 0 Å². The van der Waals surface area contributed by atoms with Crippen molar-refractivity contribution >= 4 is 23.0 Å². The van der Waals surface area contributed by atoms with Gasteiger partial charge >= 0.3 is 0 Å². The molecule has 1 fully saturated rings. The summed E-state index contributed by atoms with van der Waals surface area (Å²) in [6.45, 7) is 2.30.